The first-order valence-electron chi connectivity index (χ1n) is 13.1. The summed E-state index contributed by atoms with van der Waals surface area (Å²) in [5.41, 5.74) is 3.53. The van der Waals surface area contributed by atoms with E-state index in [1.807, 2.05) is 65.3 Å². The van der Waals surface area contributed by atoms with Crippen molar-refractivity contribution in [3.8, 4) is 11.3 Å². The maximum atomic E-state index is 12.8. The molecule has 0 aliphatic carbocycles. The molecule has 7 heteroatoms. The van der Waals surface area contributed by atoms with E-state index >= 15 is 0 Å². The number of hydrogen-bond acceptors (Lipinski definition) is 4. The minimum absolute atomic E-state index is 0.0483. The van der Waals surface area contributed by atoms with Crippen LogP contribution < -0.4 is 10.2 Å². The number of carbonyl (C=O) groups excluding carboxylic acids is 2. The lowest BCUT2D eigenvalue weighted by atomic mass is 10.0. The van der Waals surface area contributed by atoms with Gasteiger partial charge in [0.05, 0.1) is 18.8 Å². The first-order chi connectivity index (χ1) is 17.6. The van der Waals surface area contributed by atoms with E-state index in [1.54, 1.807) is 4.90 Å². The Morgan fingerprint density at radius 2 is 1.86 bits per heavy atom. The lowest BCUT2D eigenvalue weighted by molar-refractivity contribution is -0.119. The molecule has 1 atom stereocenters. The van der Waals surface area contributed by atoms with Crippen molar-refractivity contribution in [3.05, 3.63) is 71.8 Å². The highest BCUT2D eigenvalue weighted by molar-refractivity contribution is 5.95. The Bertz CT molecular complexity index is 1190. The number of benzene rings is 2. The number of likely N-dealkylation sites (tertiary alicyclic amines) is 1. The number of rotatable bonds is 8. The molecular weight excluding hydrogens is 450 g/mol. The van der Waals surface area contributed by atoms with Crippen molar-refractivity contribution in [1.29, 1.82) is 0 Å². The summed E-state index contributed by atoms with van der Waals surface area (Å²) in [6, 6.07) is 20.2. The van der Waals surface area contributed by atoms with Crippen LogP contribution in [0.5, 0.6) is 0 Å². The van der Waals surface area contributed by atoms with Crippen LogP contribution in [0.1, 0.15) is 54.9 Å². The van der Waals surface area contributed by atoms with Gasteiger partial charge in [-0.1, -0.05) is 48.9 Å². The quantitative estimate of drug-likeness (QED) is 0.478. The molecule has 2 amide bonds. The highest BCUT2D eigenvalue weighted by Gasteiger charge is 2.26. The monoisotopic (exact) mass is 485 g/mol. The van der Waals surface area contributed by atoms with Gasteiger partial charge in [-0.2, -0.15) is 5.10 Å². The molecule has 1 N–H and O–H groups in total. The molecule has 2 aliphatic heterocycles. The van der Waals surface area contributed by atoms with Gasteiger partial charge in [0.25, 0.3) is 5.91 Å². The predicted octanol–water partition coefficient (Wildman–Crippen LogP) is 4.48. The predicted molar refractivity (Wildman–Crippen MR) is 142 cm³/mol. The number of fused-ring (bicyclic) bond motifs is 1. The summed E-state index contributed by atoms with van der Waals surface area (Å²) < 4.78 is 1.91. The summed E-state index contributed by atoms with van der Waals surface area (Å²) >= 11 is 0. The summed E-state index contributed by atoms with van der Waals surface area (Å²) in [4.78, 5) is 29.7. The van der Waals surface area contributed by atoms with Crippen LogP contribution in [0.3, 0.4) is 0 Å². The number of nitrogens with one attached hydrogen (secondary N) is 1. The van der Waals surface area contributed by atoms with Gasteiger partial charge in [-0.15, -0.1) is 0 Å². The normalized spacial score (nSPS) is 18.2. The molecule has 7 nitrogen and oxygen atoms in total. The maximum absolute atomic E-state index is 12.8. The van der Waals surface area contributed by atoms with E-state index in [1.165, 1.54) is 25.8 Å². The summed E-state index contributed by atoms with van der Waals surface area (Å²) in [5.74, 6) is 0.856. The second kappa shape index (κ2) is 11.1. The largest absolute Gasteiger partial charge is 0.352 e. The van der Waals surface area contributed by atoms with E-state index in [2.05, 4.69) is 17.1 Å². The molecule has 0 radical (unpaired) electrons. The summed E-state index contributed by atoms with van der Waals surface area (Å²) in [6.07, 6.45) is 5.28. The number of aromatic nitrogens is 2. The molecule has 1 aromatic heterocycles. The number of anilines is 1. The number of amides is 2. The van der Waals surface area contributed by atoms with Gasteiger partial charge in [0, 0.05) is 42.7 Å². The van der Waals surface area contributed by atoms with Gasteiger partial charge in [-0.25, -0.2) is 4.68 Å². The van der Waals surface area contributed by atoms with E-state index in [9.17, 15) is 9.59 Å². The van der Waals surface area contributed by atoms with Gasteiger partial charge in [0.1, 0.15) is 5.82 Å². The van der Waals surface area contributed by atoms with E-state index in [-0.39, 0.29) is 11.8 Å². The zero-order valence-corrected chi connectivity index (χ0v) is 21.0. The highest BCUT2D eigenvalue weighted by Crippen LogP contribution is 2.29. The van der Waals surface area contributed by atoms with Crippen LogP contribution in [0, 0.1) is 0 Å². The maximum Gasteiger partial charge on any atom is 0.251 e. The van der Waals surface area contributed by atoms with Crippen molar-refractivity contribution in [2.75, 3.05) is 24.5 Å². The Labute approximate surface area is 213 Å². The molecule has 3 aromatic rings. The number of nitrogens with zero attached hydrogens (tertiary/aromatic N) is 4. The smallest absolute Gasteiger partial charge is 0.251 e. The summed E-state index contributed by atoms with van der Waals surface area (Å²) in [7, 11) is 0. The van der Waals surface area contributed by atoms with Crippen molar-refractivity contribution in [2.24, 2.45) is 0 Å². The summed E-state index contributed by atoms with van der Waals surface area (Å²) in [6.45, 7) is 6.23. The third-order valence-corrected chi connectivity index (χ3v) is 7.35. The van der Waals surface area contributed by atoms with Gasteiger partial charge in [-0.3, -0.25) is 14.5 Å². The van der Waals surface area contributed by atoms with Crippen molar-refractivity contribution in [1.82, 2.24) is 20.0 Å². The van der Waals surface area contributed by atoms with Crippen LogP contribution in [0.15, 0.2) is 60.7 Å². The molecule has 0 unspecified atom stereocenters. The van der Waals surface area contributed by atoms with Crippen LogP contribution in [0.4, 0.5) is 5.82 Å². The summed E-state index contributed by atoms with van der Waals surface area (Å²) in [5, 5.41) is 7.77. The molecule has 188 valence electrons. The third-order valence-electron chi connectivity index (χ3n) is 7.35. The Kier molecular flexibility index (Phi) is 7.47. The fourth-order valence-electron chi connectivity index (χ4n) is 5.19. The molecule has 1 fully saturated rings. The molecule has 3 heterocycles. The Morgan fingerprint density at radius 3 is 2.64 bits per heavy atom. The Hall–Kier alpha value is -3.45. The number of piperidine rings is 1. The van der Waals surface area contributed by atoms with Gasteiger partial charge >= 0.3 is 0 Å². The van der Waals surface area contributed by atoms with Crippen molar-refractivity contribution in [3.63, 3.8) is 0 Å². The standard InChI is InChI=1S/C29H35N5O2/c1-22-8-5-6-17-32(22)18-7-16-30-29(36)25-13-11-23(12-14-25)21-33-27-20-26(24-9-3-2-4-10-24)31-34(27)19-15-28(33)35/h2-4,9-14,20,22H,5-8,15-19,21H2,1H3,(H,30,36)/t22-/m0/s1. The minimum Gasteiger partial charge on any atom is -0.352 e. The van der Waals surface area contributed by atoms with Crippen LogP contribution in [-0.2, 0) is 17.9 Å². The minimum atomic E-state index is -0.0483. The fourth-order valence-corrected chi connectivity index (χ4v) is 5.19. The Morgan fingerprint density at radius 1 is 1.06 bits per heavy atom. The Balaban J connectivity index is 1.17. The fraction of sp³-hybridized carbons (Fsp3) is 0.414. The number of aryl methyl sites for hydroxylation is 1. The van der Waals surface area contributed by atoms with Gasteiger partial charge in [-0.05, 0) is 50.4 Å². The lowest BCUT2D eigenvalue weighted by Crippen LogP contribution is -2.39. The average Bonchev–Trinajstić information content (AvgIpc) is 3.35. The van der Waals surface area contributed by atoms with Crippen LogP contribution >= 0.6 is 0 Å². The SMILES string of the molecule is C[C@H]1CCCCN1CCCNC(=O)c1ccc(CN2C(=O)CCn3nc(-c4ccccc4)cc32)cc1. The highest BCUT2D eigenvalue weighted by atomic mass is 16.2. The van der Waals surface area contributed by atoms with Crippen molar-refractivity contribution in [2.45, 2.75) is 58.2 Å². The second-order valence-corrected chi connectivity index (χ2v) is 9.89. The zero-order chi connectivity index (χ0) is 24.9. The molecule has 0 saturated carbocycles. The topological polar surface area (TPSA) is 70.5 Å². The molecule has 0 spiro atoms. The van der Waals surface area contributed by atoms with Crippen LogP contribution in [0.25, 0.3) is 11.3 Å². The molecule has 2 aromatic carbocycles. The third kappa shape index (κ3) is 5.51. The molecular formula is C29H35N5O2. The van der Waals surface area contributed by atoms with E-state index in [0.29, 0.717) is 37.7 Å². The van der Waals surface area contributed by atoms with Gasteiger partial charge in [0.2, 0.25) is 5.91 Å². The molecule has 1 saturated heterocycles. The van der Waals surface area contributed by atoms with Gasteiger partial charge in [0.15, 0.2) is 0 Å². The zero-order valence-electron chi connectivity index (χ0n) is 21.0. The first kappa shape index (κ1) is 24.3. The van der Waals surface area contributed by atoms with E-state index in [0.717, 1.165) is 35.6 Å². The number of carbonyl (C=O) groups is 2. The molecule has 2 aliphatic rings. The van der Waals surface area contributed by atoms with Gasteiger partial charge < -0.3 is 10.2 Å². The van der Waals surface area contributed by atoms with E-state index in [4.69, 9.17) is 5.10 Å². The molecule has 0 bridgehead atoms. The van der Waals surface area contributed by atoms with Crippen LogP contribution in [-0.4, -0.2) is 52.2 Å². The van der Waals surface area contributed by atoms with E-state index < -0.39 is 0 Å². The molecule has 36 heavy (non-hydrogen) atoms. The lowest BCUT2D eigenvalue weighted by Gasteiger charge is -2.33. The second-order valence-electron chi connectivity index (χ2n) is 9.89. The molecule has 5 rings (SSSR count). The van der Waals surface area contributed by atoms with Crippen LogP contribution in [0.2, 0.25) is 0 Å². The van der Waals surface area contributed by atoms with Crippen molar-refractivity contribution >= 4 is 17.6 Å². The van der Waals surface area contributed by atoms with Crippen molar-refractivity contribution < 1.29 is 9.59 Å². The number of hydrogen-bond donors (Lipinski definition) is 1. The average molecular weight is 486 g/mol. The first-order valence-corrected chi connectivity index (χ1v) is 13.1.